The first-order valence-corrected chi connectivity index (χ1v) is 5.65. The Kier molecular flexibility index (Phi) is 4.99. The fourth-order valence-electron chi connectivity index (χ4n) is 1.51. The number of likely N-dealkylation sites (N-methyl/N-ethyl adjacent to an activating group) is 1. The first kappa shape index (κ1) is 12.7. The Bertz CT molecular complexity index is 322. The highest BCUT2D eigenvalue weighted by atomic mass is 16.2. The summed E-state index contributed by atoms with van der Waals surface area (Å²) in [7, 11) is 1.66. The van der Waals surface area contributed by atoms with E-state index in [0.717, 1.165) is 12.1 Å². The highest BCUT2D eigenvalue weighted by Crippen LogP contribution is 2.12. The molecule has 1 amide bonds. The fourth-order valence-corrected chi connectivity index (χ4v) is 1.51. The molecule has 1 atom stereocenters. The number of carbonyl (C=O) groups is 1. The van der Waals surface area contributed by atoms with Crippen molar-refractivity contribution in [3.8, 4) is 0 Å². The lowest BCUT2D eigenvalue weighted by molar-refractivity contribution is -0.122. The van der Waals surface area contributed by atoms with Crippen molar-refractivity contribution in [2.45, 2.75) is 19.9 Å². The van der Waals surface area contributed by atoms with E-state index in [0.29, 0.717) is 5.92 Å². The number of rotatable bonds is 5. The summed E-state index contributed by atoms with van der Waals surface area (Å²) < 4.78 is 0. The van der Waals surface area contributed by atoms with Crippen molar-refractivity contribution < 1.29 is 4.79 Å². The lowest BCUT2D eigenvalue weighted by atomic mass is 10.1. The van der Waals surface area contributed by atoms with E-state index < -0.39 is 0 Å². The van der Waals surface area contributed by atoms with Crippen LogP contribution in [0.5, 0.6) is 0 Å². The second-order valence-corrected chi connectivity index (χ2v) is 4.26. The van der Waals surface area contributed by atoms with Crippen LogP contribution in [0.4, 0.5) is 0 Å². The van der Waals surface area contributed by atoms with Crippen molar-refractivity contribution in [2.75, 3.05) is 13.6 Å². The number of carbonyl (C=O) groups excluding carboxylic acids is 1. The first-order chi connectivity index (χ1) is 7.65. The minimum Gasteiger partial charge on any atom is -0.358 e. The van der Waals surface area contributed by atoms with Crippen LogP contribution >= 0.6 is 0 Å². The third-order valence-corrected chi connectivity index (χ3v) is 2.37. The molecule has 0 aliphatic rings. The second kappa shape index (κ2) is 6.28. The van der Waals surface area contributed by atoms with Crippen LogP contribution in [0, 0.1) is 5.92 Å². The van der Waals surface area contributed by atoms with Crippen molar-refractivity contribution in [1.29, 1.82) is 0 Å². The maximum Gasteiger partial charge on any atom is 0.241 e. The molecule has 3 heteroatoms. The summed E-state index contributed by atoms with van der Waals surface area (Å²) >= 11 is 0. The lowest BCUT2D eigenvalue weighted by Crippen LogP contribution is -2.37. The Hall–Kier alpha value is -1.35. The summed E-state index contributed by atoms with van der Waals surface area (Å²) in [6.07, 6.45) is 0. The molecule has 0 saturated carbocycles. The van der Waals surface area contributed by atoms with Crippen molar-refractivity contribution >= 4 is 5.91 Å². The Balaban J connectivity index is 2.76. The molecule has 0 heterocycles. The van der Waals surface area contributed by atoms with E-state index in [9.17, 15) is 4.79 Å². The Morgan fingerprint density at radius 2 is 1.88 bits per heavy atom. The van der Waals surface area contributed by atoms with Gasteiger partial charge in [0.1, 0.15) is 6.04 Å². The van der Waals surface area contributed by atoms with E-state index in [1.807, 2.05) is 30.3 Å². The first-order valence-electron chi connectivity index (χ1n) is 5.65. The van der Waals surface area contributed by atoms with Gasteiger partial charge in [0.2, 0.25) is 5.91 Å². The largest absolute Gasteiger partial charge is 0.358 e. The van der Waals surface area contributed by atoms with Gasteiger partial charge in [0, 0.05) is 7.05 Å². The molecule has 3 nitrogen and oxygen atoms in total. The molecule has 0 aromatic heterocycles. The van der Waals surface area contributed by atoms with Gasteiger partial charge in [-0.05, 0) is 18.0 Å². The predicted octanol–water partition coefficient (Wildman–Crippen LogP) is 1.72. The highest BCUT2D eigenvalue weighted by molar-refractivity contribution is 5.82. The summed E-state index contributed by atoms with van der Waals surface area (Å²) in [5.74, 6) is 0.530. The molecule has 0 bridgehead atoms. The topological polar surface area (TPSA) is 41.1 Å². The minimum absolute atomic E-state index is 0.00634. The van der Waals surface area contributed by atoms with Gasteiger partial charge in [-0.2, -0.15) is 0 Å². The van der Waals surface area contributed by atoms with E-state index in [1.54, 1.807) is 7.05 Å². The van der Waals surface area contributed by atoms with E-state index >= 15 is 0 Å². The molecule has 0 fully saturated rings. The maximum atomic E-state index is 11.8. The Morgan fingerprint density at radius 3 is 2.38 bits per heavy atom. The maximum absolute atomic E-state index is 11.8. The van der Waals surface area contributed by atoms with Gasteiger partial charge in [-0.1, -0.05) is 44.2 Å². The van der Waals surface area contributed by atoms with Crippen LogP contribution in [-0.4, -0.2) is 19.5 Å². The van der Waals surface area contributed by atoms with Gasteiger partial charge in [-0.3, -0.25) is 4.79 Å². The zero-order chi connectivity index (χ0) is 12.0. The summed E-state index contributed by atoms with van der Waals surface area (Å²) in [4.78, 5) is 11.8. The van der Waals surface area contributed by atoms with Gasteiger partial charge in [-0.25, -0.2) is 0 Å². The molecule has 1 unspecified atom stereocenters. The van der Waals surface area contributed by atoms with Crippen molar-refractivity contribution in [1.82, 2.24) is 10.6 Å². The van der Waals surface area contributed by atoms with E-state index in [4.69, 9.17) is 0 Å². The van der Waals surface area contributed by atoms with Gasteiger partial charge < -0.3 is 10.6 Å². The van der Waals surface area contributed by atoms with Gasteiger partial charge >= 0.3 is 0 Å². The van der Waals surface area contributed by atoms with Gasteiger partial charge in [0.05, 0.1) is 0 Å². The van der Waals surface area contributed by atoms with E-state index in [1.165, 1.54) is 0 Å². The SMILES string of the molecule is CNC(=O)C(NCC(C)C)c1ccccc1. The van der Waals surface area contributed by atoms with Crippen molar-refractivity contribution in [3.05, 3.63) is 35.9 Å². The second-order valence-electron chi connectivity index (χ2n) is 4.26. The number of nitrogens with one attached hydrogen (secondary N) is 2. The quantitative estimate of drug-likeness (QED) is 0.793. The molecule has 1 rings (SSSR count). The summed E-state index contributed by atoms with van der Waals surface area (Å²) in [5, 5.41) is 5.96. The van der Waals surface area contributed by atoms with Crippen LogP contribution in [0.15, 0.2) is 30.3 Å². The summed E-state index contributed by atoms with van der Waals surface area (Å²) in [6, 6.07) is 9.52. The Labute approximate surface area is 97.2 Å². The van der Waals surface area contributed by atoms with E-state index in [2.05, 4.69) is 24.5 Å². The van der Waals surface area contributed by atoms with Crippen LogP contribution < -0.4 is 10.6 Å². The van der Waals surface area contributed by atoms with Crippen molar-refractivity contribution in [3.63, 3.8) is 0 Å². The number of benzene rings is 1. The number of hydrogen-bond acceptors (Lipinski definition) is 2. The molecule has 0 radical (unpaired) electrons. The molecule has 1 aromatic carbocycles. The van der Waals surface area contributed by atoms with Crippen LogP contribution in [-0.2, 0) is 4.79 Å². The van der Waals surface area contributed by atoms with Gasteiger partial charge in [0.15, 0.2) is 0 Å². The smallest absolute Gasteiger partial charge is 0.241 e. The molecule has 0 spiro atoms. The number of hydrogen-bond donors (Lipinski definition) is 2. The monoisotopic (exact) mass is 220 g/mol. The van der Waals surface area contributed by atoms with E-state index in [-0.39, 0.29) is 11.9 Å². The zero-order valence-corrected chi connectivity index (χ0v) is 10.2. The van der Waals surface area contributed by atoms with Crippen LogP contribution in [0.1, 0.15) is 25.5 Å². The third-order valence-electron chi connectivity index (χ3n) is 2.37. The normalized spacial score (nSPS) is 12.5. The van der Waals surface area contributed by atoms with Crippen molar-refractivity contribution in [2.24, 2.45) is 5.92 Å². The molecule has 0 saturated heterocycles. The third kappa shape index (κ3) is 3.66. The van der Waals surface area contributed by atoms with Gasteiger partial charge in [0.25, 0.3) is 0 Å². The summed E-state index contributed by atoms with van der Waals surface area (Å²) in [5.41, 5.74) is 1.00. The molecule has 1 aromatic rings. The van der Waals surface area contributed by atoms with Crippen LogP contribution in [0.25, 0.3) is 0 Å². The summed E-state index contributed by atoms with van der Waals surface area (Å²) in [6.45, 7) is 5.07. The molecule has 0 aliphatic carbocycles. The molecule has 2 N–H and O–H groups in total. The predicted molar refractivity (Wildman–Crippen MR) is 66.1 cm³/mol. The average molecular weight is 220 g/mol. The van der Waals surface area contributed by atoms with Gasteiger partial charge in [-0.15, -0.1) is 0 Å². The molecular formula is C13H20N2O. The molecule has 0 aliphatic heterocycles. The number of amides is 1. The Morgan fingerprint density at radius 1 is 1.25 bits per heavy atom. The average Bonchev–Trinajstić information content (AvgIpc) is 2.30. The fraction of sp³-hybridized carbons (Fsp3) is 0.462. The lowest BCUT2D eigenvalue weighted by Gasteiger charge is -2.18. The molecule has 16 heavy (non-hydrogen) atoms. The minimum atomic E-state index is -0.256. The molecular weight excluding hydrogens is 200 g/mol. The zero-order valence-electron chi connectivity index (χ0n) is 10.2. The van der Waals surface area contributed by atoms with Crippen LogP contribution in [0.2, 0.25) is 0 Å². The molecule has 88 valence electrons. The highest BCUT2D eigenvalue weighted by Gasteiger charge is 2.18. The van der Waals surface area contributed by atoms with Crippen LogP contribution in [0.3, 0.4) is 0 Å². The standard InChI is InChI=1S/C13H20N2O/c1-10(2)9-15-12(13(16)14-3)11-7-5-4-6-8-11/h4-8,10,12,15H,9H2,1-3H3,(H,14,16).